The van der Waals surface area contributed by atoms with Crippen LogP contribution in [0.15, 0.2) is 74.3 Å². The van der Waals surface area contributed by atoms with Gasteiger partial charge in [-0.15, -0.1) is 0 Å². The van der Waals surface area contributed by atoms with E-state index in [2.05, 4.69) is 0 Å². The smallest absolute Gasteiger partial charge is 0.348 e. The topological polar surface area (TPSA) is 107 Å². The molecule has 0 saturated carbocycles. The number of hydrogen-bond donors (Lipinski definition) is 1. The van der Waals surface area contributed by atoms with Crippen LogP contribution in [0.1, 0.15) is 43.2 Å². The molecular formula is C28H20O7. The fraction of sp³-hybridized carbons (Fsp3) is 0.107. The molecule has 0 bridgehead atoms. The molecule has 0 fully saturated rings. The number of rotatable bonds is 5. The summed E-state index contributed by atoms with van der Waals surface area (Å²) in [5.41, 5.74) is 1.10. The summed E-state index contributed by atoms with van der Waals surface area (Å²) >= 11 is 0. The van der Waals surface area contributed by atoms with Crippen molar-refractivity contribution in [2.75, 3.05) is 7.11 Å². The second-order valence-electron chi connectivity index (χ2n) is 8.31. The monoisotopic (exact) mass is 468 g/mol. The minimum atomic E-state index is -0.801. The van der Waals surface area contributed by atoms with Gasteiger partial charge in [-0.25, -0.2) is 4.79 Å². The second kappa shape index (κ2) is 8.29. The van der Waals surface area contributed by atoms with Gasteiger partial charge in [0.1, 0.15) is 22.5 Å². The zero-order valence-electron chi connectivity index (χ0n) is 19.2. The summed E-state index contributed by atoms with van der Waals surface area (Å²) in [6, 6.07) is 16.0. The van der Waals surface area contributed by atoms with Gasteiger partial charge in [0.25, 0.3) is 0 Å². The first-order valence-electron chi connectivity index (χ1n) is 10.8. The Morgan fingerprint density at radius 3 is 2.26 bits per heavy atom. The van der Waals surface area contributed by atoms with Gasteiger partial charge in [-0.05, 0) is 62.4 Å². The van der Waals surface area contributed by atoms with E-state index in [1.54, 1.807) is 43.3 Å². The summed E-state index contributed by atoms with van der Waals surface area (Å²) in [7, 11) is 1.50. The number of hydrogen-bond acceptors (Lipinski definition) is 7. The highest BCUT2D eigenvalue weighted by Crippen LogP contribution is 2.34. The molecule has 3 aromatic carbocycles. The van der Waals surface area contributed by atoms with Gasteiger partial charge in [0.2, 0.25) is 5.78 Å². The maximum atomic E-state index is 13.7. The number of benzene rings is 3. The summed E-state index contributed by atoms with van der Waals surface area (Å²) in [6.07, 6.45) is 0. The quantitative estimate of drug-likeness (QED) is 0.274. The number of ether oxygens (including phenoxy) is 1. The van der Waals surface area contributed by atoms with Gasteiger partial charge in [-0.1, -0.05) is 23.3 Å². The minimum absolute atomic E-state index is 0.0438. The maximum Gasteiger partial charge on any atom is 0.348 e. The van der Waals surface area contributed by atoms with Gasteiger partial charge in [0, 0.05) is 5.56 Å². The summed E-state index contributed by atoms with van der Waals surface area (Å²) < 4.78 is 16.6. The van der Waals surface area contributed by atoms with Gasteiger partial charge < -0.3 is 18.7 Å². The van der Waals surface area contributed by atoms with Crippen LogP contribution in [-0.4, -0.2) is 23.8 Å². The molecule has 0 amide bonds. The average Bonchev–Trinajstić information content (AvgIpc) is 3.27. The highest BCUT2D eigenvalue weighted by Gasteiger charge is 2.32. The van der Waals surface area contributed by atoms with Crippen molar-refractivity contribution in [3.63, 3.8) is 0 Å². The SMILES string of the molecule is COc1ccc(C(=O)c2c(C(=O)c3cc(C)ccc3O)oc3c2c(=O)oc2ccc(C)cc23)cc1. The third-order valence-electron chi connectivity index (χ3n) is 5.88. The van der Waals surface area contributed by atoms with Crippen molar-refractivity contribution in [3.05, 3.63) is 105 Å². The lowest BCUT2D eigenvalue weighted by Gasteiger charge is -2.06. The lowest BCUT2D eigenvalue weighted by molar-refractivity contribution is 0.0984. The largest absolute Gasteiger partial charge is 0.507 e. The molecule has 35 heavy (non-hydrogen) atoms. The Labute approximate surface area is 199 Å². The number of aryl methyl sites for hydroxylation is 2. The highest BCUT2D eigenvalue weighted by molar-refractivity contribution is 6.25. The first-order chi connectivity index (χ1) is 16.8. The summed E-state index contributed by atoms with van der Waals surface area (Å²) in [4.78, 5) is 40.4. The first-order valence-corrected chi connectivity index (χ1v) is 10.8. The van der Waals surface area contributed by atoms with E-state index in [4.69, 9.17) is 13.6 Å². The van der Waals surface area contributed by atoms with Crippen molar-refractivity contribution in [1.82, 2.24) is 0 Å². The van der Waals surface area contributed by atoms with Crippen LogP contribution >= 0.6 is 0 Å². The Morgan fingerprint density at radius 2 is 1.54 bits per heavy atom. The summed E-state index contributed by atoms with van der Waals surface area (Å²) in [6.45, 7) is 3.63. The molecule has 0 spiro atoms. The number of fused-ring (bicyclic) bond motifs is 3. The Hall–Kier alpha value is -4.65. The molecule has 2 heterocycles. The zero-order valence-corrected chi connectivity index (χ0v) is 19.2. The fourth-order valence-electron chi connectivity index (χ4n) is 4.09. The molecule has 0 unspecified atom stereocenters. The molecule has 0 aliphatic heterocycles. The van der Waals surface area contributed by atoms with E-state index in [1.807, 2.05) is 6.92 Å². The van der Waals surface area contributed by atoms with E-state index in [1.165, 1.54) is 31.4 Å². The van der Waals surface area contributed by atoms with E-state index < -0.39 is 17.2 Å². The Balaban J connectivity index is 1.85. The molecule has 1 N–H and O–H groups in total. The highest BCUT2D eigenvalue weighted by atomic mass is 16.5. The number of ketones is 2. The van der Waals surface area contributed by atoms with Crippen LogP contribution in [0, 0.1) is 13.8 Å². The number of carbonyl (C=O) groups excluding carboxylic acids is 2. The van der Waals surface area contributed by atoms with E-state index in [0.717, 1.165) is 11.1 Å². The third-order valence-corrected chi connectivity index (χ3v) is 5.88. The fourth-order valence-corrected chi connectivity index (χ4v) is 4.09. The number of carbonyl (C=O) groups is 2. The van der Waals surface area contributed by atoms with E-state index in [0.29, 0.717) is 11.1 Å². The minimum Gasteiger partial charge on any atom is -0.507 e. The van der Waals surface area contributed by atoms with Crippen molar-refractivity contribution in [2.45, 2.75) is 13.8 Å². The van der Waals surface area contributed by atoms with E-state index in [-0.39, 0.29) is 44.8 Å². The van der Waals surface area contributed by atoms with Crippen molar-refractivity contribution >= 4 is 33.5 Å². The van der Waals surface area contributed by atoms with Crippen LogP contribution in [-0.2, 0) is 0 Å². The van der Waals surface area contributed by atoms with Crippen molar-refractivity contribution < 1.29 is 28.3 Å². The molecule has 7 heteroatoms. The Bertz CT molecular complexity index is 1700. The van der Waals surface area contributed by atoms with E-state index in [9.17, 15) is 19.5 Å². The molecule has 0 radical (unpaired) electrons. The van der Waals surface area contributed by atoms with Crippen molar-refractivity contribution in [1.29, 1.82) is 0 Å². The van der Waals surface area contributed by atoms with Crippen molar-refractivity contribution in [2.24, 2.45) is 0 Å². The number of furan rings is 1. The number of aromatic hydroxyl groups is 1. The predicted molar refractivity (Wildman–Crippen MR) is 130 cm³/mol. The normalized spacial score (nSPS) is 11.2. The lowest BCUT2D eigenvalue weighted by Crippen LogP contribution is -2.12. The molecular weight excluding hydrogens is 448 g/mol. The lowest BCUT2D eigenvalue weighted by atomic mass is 9.96. The second-order valence-corrected chi connectivity index (χ2v) is 8.31. The number of methoxy groups -OCH3 is 1. The van der Waals surface area contributed by atoms with Gasteiger partial charge in [0.05, 0.1) is 23.6 Å². The Morgan fingerprint density at radius 1 is 0.857 bits per heavy atom. The first kappa shape index (κ1) is 22.2. The summed E-state index contributed by atoms with van der Waals surface area (Å²) in [5.74, 6) is -1.39. The van der Waals surface area contributed by atoms with E-state index >= 15 is 0 Å². The molecule has 174 valence electrons. The molecule has 5 rings (SSSR count). The molecule has 2 aromatic heterocycles. The van der Waals surface area contributed by atoms with Crippen molar-refractivity contribution in [3.8, 4) is 11.5 Å². The van der Waals surface area contributed by atoms with Crippen LogP contribution < -0.4 is 10.4 Å². The molecule has 0 atom stereocenters. The molecule has 0 saturated heterocycles. The Kier molecular flexibility index (Phi) is 5.25. The van der Waals surface area contributed by atoms with Gasteiger partial charge in [0.15, 0.2) is 17.1 Å². The number of phenols is 1. The molecule has 7 nitrogen and oxygen atoms in total. The molecule has 0 aliphatic carbocycles. The standard InChI is InChI=1S/C28H20O7/c1-14-4-10-20(29)18(12-14)25(31)27-22(24(30)16-6-8-17(33-3)9-7-16)23-26(35-27)19-13-15(2)5-11-21(19)34-28(23)32/h4-13,29H,1-3H3. The molecule has 0 aliphatic rings. The molecule has 5 aromatic rings. The number of phenolic OH excluding ortho intramolecular Hbond substituents is 1. The zero-order chi connectivity index (χ0) is 24.9. The van der Waals surface area contributed by atoms with Crippen LogP contribution in [0.3, 0.4) is 0 Å². The van der Waals surface area contributed by atoms with Crippen LogP contribution in [0.25, 0.3) is 21.9 Å². The van der Waals surface area contributed by atoms with Crippen LogP contribution in [0.4, 0.5) is 0 Å². The van der Waals surface area contributed by atoms with Gasteiger partial charge in [-0.3, -0.25) is 9.59 Å². The van der Waals surface area contributed by atoms with Crippen LogP contribution in [0.5, 0.6) is 11.5 Å². The third kappa shape index (κ3) is 3.67. The van der Waals surface area contributed by atoms with Crippen LogP contribution in [0.2, 0.25) is 0 Å². The summed E-state index contributed by atoms with van der Waals surface area (Å²) in [5, 5.41) is 10.7. The van der Waals surface area contributed by atoms with Gasteiger partial charge >= 0.3 is 5.63 Å². The average molecular weight is 468 g/mol. The predicted octanol–water partition coefficient (Wildman–Crippen LogP) is 5.33. The maximum absolute atomic E-state index is 13.7. The van der Waals surface area contributed by atoms with Gasteiger partial charge in [-0.2, -0.15) is 0 Å².